The van der Waals surface area contributed by atoms with Crippen LogP contribution in [0.1, 0.15) is 15.8 Å². The van der Waals surface area contributed by atoms with Crippen molar-refractivity contribution < 1.29 is 16.1 Å². The van der Waals surface area contributed by atoms with Gasteiger partial charge in [-0.1, -0.05) is 17.7 Å². The van der Waals surface area contributed by atoms with E-state index in [0.717, 1.165) is 16.6 Å². The highest BCUT2D eigenvalue weighted by Gasteiger charge is 2.27. The van der Waals surface area contributed by atoms with Crippen LogP contribution in [0.2, 0.25) is 5.02 Å². The van der Waals surface area contributed by atoms with Crippen LogP contribution in [-0.2, 0) is 14.8 Å². The van der Waals surface area contributed by atoms with Gasteiger partial charge in [-0.05, 0) is 60.8 Å². The van der Waals surface area contributed by atoms with Crippen LogP contribution in [0.3, 0.4) is 0 Å². The summed E-state index contributed by atoms with van der Waals surface area (Å²) in [6, 6.07) is 15.5. The Kier molecular flexibility index (Phi) is 6.55. The molecule has 5 rings (SSSR count). The second-order valence-electron chi connectivity index (χ2n) is 8.61. The molecule has 1 amide bonds. The van der Waals surface area contributed by atoms with Crippen molar-refractivity contribution in [2.24, 2.45) is 0 Å². The molecule has 2 aromatic heterocycles. The second-order valence-corrected chi connectivity index (χ2v) is 10.7. The molecule has 1 saturated heterocycles. The molecule has 0 aliphatic carbocycles. The highest BCUT2D eigenvalue weighted by molar-refractivity contribution is 7.92. The molecule has 190 valence electrons. The maximum atomic E-state index is 13.2. The van der Waals surface area contributed by atoms with E-state index in [0.29, 0.717) is 31.2 Å². The number of fused-ring (bicyclic) bond motifs is 1. The molecular formula is C25H29ClN6O3S. The quantitative estimate of drug-likeness (QED) is 0.401. The number of rotatable bonds is 6. The van der Waals surface area contributed by atoms with E-state index in [9.17, 15) is 13.2 Å². The summed E-state index contributed by atoms with van der Waals surface area (Å²) in [4.78, 5) is 25.1. The molecule has 36 heavy (non-hydrogen) atoms. The standard InChI is InChI=1S/C25H25ClN6O3S.2H2/c1-18(32-11-9-19-2-3-20(26)16-23(19)32)25(33)31-14-12-30(13-15-31)21-4-6-22(7-5-21)36(34,35)29-24-8-10-27-17-28-24;;/h2-11,16-18H,12-15H2,1H3,(H,27,28,29);2*1H/t18-;;/m1../s1. The summed E-state index contributed by atoms with van der Waals surface area (Å²) < 4.78 is 29.7. The van der Waals surface area contributed by atoms with Crippen molar-refractivity contribution in [2.45, 2.75) is 17.9 Å². The van der Waals surface area contributed by atoms with E-state index < -0.39 is 10.0 Å². The van der Waals surface area contributed by atoms with Crippen LogP contribution in [0.15, 0.2) is 78.2 Å². The highest BCUT2D eigenvalue weighted by Crippen LogP contribution is 2.26. The zero-order valence-corrected chi connectivity index (χ0v) is 21.2. The Morgan fingerprint density at radius 3 is 2.50 bits per heavy atom. The average Bonchev–Trinajstić information content (AvgIpc) is 3.31. The van der Waals surface area contributed by atoms with Crippen molar-refractivity contribution in [3.8, 4) is 0 Å². The number of benzene rings is 2. The first-order valence-electron chi connectivity index (χ1n) is 11.5. The Morgan fingerprint density at radius 2 is 1.81 bits per heavy atom. The first kappa shape index (κ1) is 24.1. The minimum Gasteiger partial charge on any atom is -0.368 e. The minimum atomic E-state index is -3.75. The highest BCUT2D eigenvalue weighted by atomic mass is 35.5. The number of halogens is 1. The van der Waals surface area contributed by atoms with Gasteiger partial charge in [-0.2, -0.15) is 0 Å². The van der Waals surface area contributed by atoms with Crippen molar-refractivity contribution in [3.05, 3.63) is 78.3 Å². The molecule has 1 aliphatic rings. The van der Waals surface area contributed by atoms with Gasteiger partial charge < -0.3 is 14.4 Å². The van der Waals surface area contributed by atoms with Gasteiger partial charge in [0.15, 0.2) is 0 Å². The number of carbonyl (C=O) groups is 1. The summed E-state index contributed by atoms with van der Waals surface area (Å²) in [6.45, 7) is 4.38. The minimum absolute atomic E-state index is 0. The van der Waals surface area contributed by atoms with Gasteiger partial charge in [0.25, 0.3) is 10.0 Å². The average molecular weight is 529 g/mol. The van der Waals surface area contributed by atoms with E-state index in [4.69, 9.17) is 11.6 Å². The maximum Gasteiger partial charge on any atom is 0.263 e. The zero-order chi connectivity index (χ0) is 25.3. The largest absolute Gasteiger partial charge is 0.368 e. The molecular weight excluding hydrogens is 500 g/mol. The molecule has 4 aromatic rings. The van der Waals surface area contributed by atoms with Gasteiger partial charge in [-0.25, -0.2) is 18.4 Å². The van der Waals surface area contributed by atoms with Gasteiger partial charge in [-0.15, -0.1) is 0 Å². The molecule has 0 radical (unpaired) electrons. The molecule has 11 heteroatoms. The predicted molar refractivity (Wildman–Crippen MR) is 144 cm³/mol. The summed E-state index contributed by atoms with van der Waals surface area (Å²) in [5.74, 6) is 0.268. The van der Waals surface area contributed by atoms with Crippen LogP contribution < -0.4 is 9.62 Å². The monoisotopic (exact) mass is 528 g/mol. The maximum absolute atomic E-state index is 13.2. The van der Waals surface area contributed by atoms with Gasteiger partial charge >= 0.3 is 0 Å². The lowest BCUT2D eigenvalue weighted by atomic mass is 10.2. The molecule has 0 unspecified atom stereocenters. The summed E-state index contributed by atoms with van der Waals surface area (Å²) in [6.07, 6.45) is 4.67. The van der Waals surface area contributed by atoms with Crippen molar-refractivity contribution in [1.82, 2.24) is 19.4 Å². The second kappa shape index (κ2) is 9.79. The lowest BCUT2D eigenvalue weighted by molar-refractivity contribution is -0.134. The number of hydrogen-bond donors (Lipinski definition) is 1. The van der Waals surface area contributed by atoms with E-state index in [1.807, 2.05) is 46.9 Å². The van der Waals surface area contributed by atoms with Gasteiger partial charge in [0.1, 0.15) is 18.2 Å². The number of nitrogens with one attached hydrogen (secondary N) is 1. The fourth-order valence-corrected chi connectivity index (χ4v) is 5.59. The number of piperazine rings is 1. The number of sulfonamides is 1. The van der Waals surface area contributed by atoms with Gasteiger partial charge in [0, 0.05) is 52.1 Å². The molecule has 9 nitrogen and oxygen atoms in total. The molecule has 0 bridgehead atoms. The molecule has 1 aliphatic heterocycles. The van der Waals surface area contributed by atoms with Gasteiger partial charge in [0.2, 0.25) is 5.91 Å². The van der Waals surface area contributed by atoms with Crippen LogP contribution in [0, 0.1) is 0 Å². The number of amides is 1. The van der Waals surface area contributed by atoms with Crippen molar-refractivity contribution >= 4 is 49.9 Å². The zero-order valence-electron chi connectivity index (χ0n) is 19.6. The topological polar surface area (TPSA) is 100 Å². The van der Waals surface area contributed by atoms with Gasteiger partial charge in [-0.3, -0.25) is 9.52 Å². The summed E-state index contributed by atoms with van der Waals surface area (Å²) >= 11 is 6.17. The molecule has 1 fully saturated rings. The first-order valence-corrected chi connectivity index (χ1v) is 13.4. The normalized spacial score (nSPS) is 15.2. The van der Waals surface area contributed by atoms with Crippen LogP contribution in [0.5, 0.6) is 0 Å². The summed E-state index contributed by atoms with van der Waals surface area (Å²) in [5.41, 5.74) is 1.84. The Morgan fingerprint density at radius 1 is 1.06 bits per heavy atom. The molecule has 2 aromatic carbocycles. The van der Waals surface area contributed by atoms with E-state index in [2.05, 4.69) is 19.6 Å². The number of nitrogens with zero attached hydrogens (tertiary/aromatic N) is 5. The Hall–Kier alpha value is -3.63. The van der Waals surface area contributed by atoms with Crippen molar-refractivity contribution in [3.63, 3.8) is 0 Å². The van der Waals surface area contributed by atoms with Crippen molar-refractivity contribution in [2.75, 3.05) is 35.8 Å². The molecule has 1 N–H and O–H groups in total. The Balaban J connectivity index is 0.00000200. The van der Waals surface area contributed by atoms with Crippen LogP contribution in [-0.4, -0.2) is 59.9 Å². The number of hydrogen-bond acceptors (Lipinski definition) is 6. The predicted octanol–water partition coefficient (Wildman–Crippen LogP) is 4.29. The van der Waals surface area contributed by atoms with E-state index in [1.54, 1.807) is 24.3 Å². The molecule has 0 saturated carbocycles. The Bertz CT molecular complexity index is 1490. The molecule has 3 heterocycles. The number of aromatic nitrogens is 3. The van der Waals surface area contributed by atoms with E-state index >= 15 is 0 Å². The molecule has 1 atom stereocenters. The van der Waals surface area contributed by atoms with E-state index in [1.165, 1.54) is 18.6 Å². The third-order valence-corrected chi connectivity index (χ3v) is 7.99. The van der Waals surface area contributed by atoms with Crippen LogP contribution in [0.25, 0.3) is 10.9 Å². The number of anilines is 2. The first-order chi connectivity index (χ1) is 17.3. The number of carbonyl (C=O) groups excluding carboxylic acids is 1. The lowest BCUT2D eigenvalue weighted by Gasteiger charge is -2.37. The third-order valence-electron chi connectivity index (χ3n) is 6.38. The summed E-state index contributed by atoms with van der Waals surface area (Å²) in [7, 11) is -3.75. The summed E-state index contributed by atoms with van der Waals surface area (Å²) in [5, 5.41) is 1.68. The van der Waals surface area contributed by atoms with Crippen LogP contribution >= 0.6 is 11.6 Å². The SMILES string of the molecule is C[C@H](C(=O)N1CCN(c2ccc(S(=O)(=O)Nc3ccncn3)cc2)CC1)n1ccc2ccc(Cl)cc21.[HH].[HH]. The third kappa shape index (κ3) is 4.87. The van der Waals surface area contributed by atoms with E-state index in [-0.39, 0.29) is 25.5 Å². The van der Waals surface area contributed by atoms with Gasteiger partial charge in [0.05, 0.1) is 10.4 Å². The van der Waals surface area contributed by atoms with Crippen molar-refractivity contribution in [1.29, 1.82) is 0 Å². The fourth-order valence-electron chi connectivity index (χ4n) is 4.41. The lowest BCUT2D eigenvalue weighted by Crippen LogP contribution is -2.50. The Labute approximate surface area is 217 Å². The smallest absolute Gasteiger partial charge is 0.263 e. The van der Waals surface area contributed by atoms with Crippen LogP contribution in [0.4, 0.5) is 11.5 Å². The molecule has 0 spiro atoms. The fraction of sp³-hybridized carbons (Fsp3) is 0.240.